The van der Waals surface area contributed by atoms with Gasteiger partial charge < -0.3 is 10.6 Å². The van der Waals surface area contributed by atoms with E-state index >= 15 is 0 Å². The van der Waals surface area contributed by atoms with Crippen molar-refractivity contribution in [3.8, 4) is 0 Å². The Labute approximate surface area is 152 Å². The Bertz CT molecular complexity index is 847. The van der Waals surface area contributed by atoms with E-state index < -0.39 is 0 Å². The fraction of sp³-hybridized carbons (Fsp3) is 0.0952. The number of halogens is 1. The second-order valence-corrected chi connectivity index (χ2v) is 6.27. The van der Waals surface area contributed by atoms with Crippen molar-refractivity contribution in [2.45, 2.75) is 13.0 Å². The summed E-state index contributed by atoms with van der Waals surface area (Å²) in [6.07, 6.45) is 0. The highest BCUT2D eigenvalue weighted by Crippen LogP contribution is 2.23. The molecule has 0 spiro atoms. The average Bonchev–Trinajstić information content (AvgIpc) is 2.62. The molecule has 126 valence electrons. The maximum atomic E-state index is 13.0. The van der Waals surface area contributed by atoms with Gasteiger partial charge in [0.2, 0.25) is 0 Å². The Balaban J connectivity index is 1.82. The molecule has 2 nitrogen and oxygen atoms in total. The summed E-state index contributed by atoms with van der Waals surface area (Å²) in [6.45, 7) is 2.07. The normalized spacial score (nSPS) is 11.6. The molecule has 3 aromatic carbocycles. The van der Waals surface area contributed by atoms with Gasteiger partial charge in [0.25, 0.3) is 0 Å². The van der Waals surface area contributed by atoms with Gasteiger partial charge >= 0.3 is 0 Å². The van der Waals surface area contributed by atoms with Crippen LogP contribution in [0.1, 0.15) is 22.7 Å². The molecular formula is C21H19FN2S. The average molecular weight is 350 g/mol. The fourth-order valence-electron chi connectivity index (χ4n) is 2.69. The zero-order valence-corrected chi connectivity index (χ0v) is 14.7. The van der Waals surface area contributed by atoms with Gasteiger partial charge in [-0.15, -0.1) is 0 Å². The van der Waals surface area contributed by atoms with Crippen LogP contribution in [-0.4, -0.2) is 5.11 Å². The van der Waals surface area contributed by atoms with Crippen molar-refractivity contribution in [3.05, 3.63) is 101 Å². The molecule has 0 amide bonds. The molecule has 3 aromatic rings. The lowest BCUT2D eigenvalue weighted by Crippen LogP contribution is -2.33. The largest absolute Gasteiger partial charge is 0.352 e. The van der Waals surface area contributed by atoms with Crippen molar-refractivity contribution < 1.29 is 4.39 Å². The first kappa shape index (κ1) is 17.1. The molecule has 0 aliphatic carbocycles. The van der Waals surface area contributed by atoms with Gasteiger partial charge in [0.1, 0.15) is 5.82 Å². The van der Waals surface area contributed by atoms with Crippen LogP contribution in [0.15, 0.2) is 78.9 Å². The van der Waals surface area contributed by atoms with Crippen molar-refractivity contribution >= 4 is 23.0 Å². The Morgan fingerprint density at radius 2 is 1.56 bits per heavy atom. The van der Waals surface area contributed by atoms with Gasteiger partial charge in [-0.05, 0) is 54.5 Å². The lowest BCUT2D eigenvalue weighted by molar-refractivity contribution is 0.628. The molecule has 4 heteroatoms. The Morgan fingerprint density at radius 1 is 0.880 bits per heavy atom. The predicted molar refractivity (Wildman–Crippen MR) is 105 cm³/mol. The van der Waals surface area contributed by atoms with E-state index in [0.717, 1.165) is 16.8 Å². The van der Waals surface area contributed by atoms with Crippen LogP contribution >= 0.6 is 12.2 Å². The standard InChI is InChI=1S/C21H19FN2S/c1-15-6-5-9-17(14-15)20(16-7-3-2-4-8-16)24-21(25)23-19-12-10-18(22)11-13-19/h2-14,20H,1H3,(H2,23,24,25). The molecule has 0 saturated carbocycles. The Hall–Kier alpha value is -2.72. The van der Waals surface area contributed by atoms with Crippen LogP contribution in [0.3, 0.4) is 0 Å². The number of anilines is 1. The highest BCUT2D eigenvalue weighted by atomic mass is 32.1. The van der Waals surface area contributed by atoms with Gasteiger partial charge in [0.15, 0.2) is 5.11 Å². The van der Waals surface area contributed by atoms with Crippen molar-refractivity contribution in [3.63, 3.8) is 0 Å². The molecule has 0 aromatic heterocycles. The minimum atomic E-state index is -0.272. The zero-order chi connectivity index (χ0) is 17.6. The van der Waals surface area contributed by atoms with E-state index in [-0.39, 0.29) is 11.9 Å². The number of benzene rings is 3. The predicted octanol–water partition coefficient (Wildman–Crippen LogP) is 5.21. The summed E-state index contributed by atoms with van der Waals surface area (Å²) in [5.41, 5.74) is 4.19. The first-order valence-electron chi connectivity index (χ1n) is 8.06. The van der Waals surface area contributed by atoms with Crippen molar-refractivity contribution in [1.82, 2.24) is 5.32 Å². The highest BCUT2D eigenvalue weighted by molar-refractivity contribution is 7.80. The third-order valence-corrected chi connectivity index (χ3v) is 4.11. The highest BCUT2D eigenvalue weighted by Gasteiger charge is 2.15. The Kier molecular flexibility index (Phi) is 5.41. The molecule has 0 heterocycles. The number of aryl methyl sites for hydroxylation is 1. The summed E-state index contributed by atoms with van der Waals surface area (Å²) in [6, 6.07) is 24.5. The number of hydrogen-bond acceptors (Lipinski definition) is 1. The van der Waals surface area contributed by atoms with Gasteiger partial charge in [-0.25, -0.2) is 4.39 Å². The fourth-order valence-corrected chi connectivity index (χ4v) is 2.92. The van der Waals surface area contributed by atoms with E-state index in [1.54, 1.807) is 12.1 Å². The van der Waals surface area contributed by atoms with Crippen LogP contribution in [-0.2, 0) is 0 Å². The Morgan fingerprint density at radius 3 is 2.24 bits per heavy atom. The van der Waals surface area contributed by atoms with E-state index in [9.17, 15) is 4.39 Å². The van der Waals surface area contributed by atoms with Crippen LogP contribution in [0.2, 0.25) is 0 Å². The molecule has 1 unspecified atom stereocenters. The van der Waals surface area contributed by atoms with Crippen LogP contribution in [0.5, 0.6) is 0 Å². The summed E-state index contributed by atoms with van der Waals surface area (Å²) >= 11 is 5.46. The molecule has 3 rings (SSSR count). The number of thiocarbonyl (C=S) groups is 1. The number of hydrogen-bond donors (Lipinski definition) is 2. The maximum absolute atomic E-state index is 13.0. The summed E-state index contributed by atoms with van der Waals surface area (Å²) in [5, 5.41) is 6.96. The summed E-state index contributed by atoms with van der Waals surface area (Å²) in [7, 11) is 0. The van der Waals surface area contributed by atoms with Crippen molar-refractivity contribution in [2.75, 3.05) is 5.32 Å². The summed E-state index contributed by atoms with van der Waals surface area (Å²) < 4.78 is 13.0. The smallest absolute Gasteiger partial charge is 0.171 e. The molecule has 2 N–H and O–H groups in total. The summed E-state index contributed by atoms with van der Waals surface area (Å²) in [5.74, 6) is -0.272. The number of rotatable bonds is 4. The molecule has 1 atom stereocenters. The van der Waals surface area contributed by atoms with Gasteiger partial charge in [0.05, 0.1) is 6.04 Å². The molecule has 0 radical (unpaired) electrons. The van der Waals surface area contributed by atoms with Crippen LogP contribution in [0, 0.1) is 12.7 Å². The second-order valence-electron chi connectivity index (χ2n) is 5.86. The van der Waals surface area contributed by atoms with Crippen LogP contribution in [0.25, 0.3) is 0 Å². The quantitative estimate of drug-likeness (QED) is 0.632. The molecule has 0 aliphatic rings. The van der Waals surface area contributed by atoms with Crippen molar-refractivity contribution in [1.29, 1.82) is 0 Å². The number of nitrogens with one attached hydrogen (secondary N) is 2. The minimum absolute atomic E-state index is 0.0680. The van der Waals surface area contributed by atoms with E-state index in [1.165, 1.54) is 17.7 Å². The SMILES string of the molecule is Cc1cccc(C(NC(=S)Nc2ccc(F)cc2)c2ccccc2)c1. The van der Waals surface area contributed by atoms with E-state index in [4.69, 9.17) is 12.2 Å². The summed E-state index contributed by atoms with van der Waals surface area (Å²) in [4.78, 5) is 0. The first-order valence-corrected chi connectivity index (χ1v) is 8.47. The van der Waals surface area contributed by atoms with E-state index in [1.807, 2.05) is 24.3 Å². The molecule has 0 aliphatic heterocycles. The van der Waals surface area contributed by atoms with Gasteiger partial charge in [-0.3, -0.25) is 0 Å². The van der Waals surface area contributed by atoms with Gasteiger partial charge in [-0.1, -0.05) is 60.2 Å². The molecule has 0 bridgehead atoms. The minimum Gasteiger partial charge on any atom is -0.352 e. The van der Waals surface area contributed by atoms with Crippen LogP contribution in [0.4, 0.5) is 10.1 Å². The van der Waals surface area contributed by atoms with Gasteiger partial charge in [-0.2, -0.15) is 0 Å². The first-order chi connectivity index (χ1) is 12.1. The second kappa shape index (κ2) is 7.90. The third-order valence-electron chi connectivity index (χ3n) is 3.89. The third kappa shape index (κ3) is 4.64. The molecule has 0 saturated heterocycles. The maximum Gasteiger partial charge on any atom is 0.171 e. The lowest BCUT2D eigenvalue weighted by Gasteiger charge is -2.22. The lowest BCUT2D eigenvalue weighted by atomic mass is 9.97. The van der Waals surface area contributed by atoms with E-state index in [0.29, 0.717) is 5.11 Å². The molecular weight excluding hydrogens is 331 g/mol. The van der Waals surface area contributed by atoms with Crippen LogP contribution < -0.4 is 10.6 Å². The zero-order valence-electron chi connectivity index (χ0n) is 13.9. The molecule has 0 fully saturated rings. The topological polar surface area (TPSA) is 24.1 Å². The molecule has 25 heavy (non-hydrogen) atoms. The van der Waals surface area contributed by atoms with Crippen molar-refractivity contribution in [2.24, 2.45) is 0 Å². The van der Waals surface area contributed by atoms with E-state index in [2.05, 4.69) is 47.9 Å². The monoisotopic (exact) mass is 350 g/mol. The van der Waals surface area contributed by atoms with Gasteiger partial charge in [0, 0.05) is 5.69 Å².